The Morgan fingerprint density at radius 2 is 0.765 bits per heavy atom. The molecule has 2 N–H and O–H groups in total. The number of likely N-dealkylation sites (N-methyl/N-ethyl adjacent to an activating group) is 2. The summed E-state index contributed by atoms with van der Waals surface area (Å²) in [5.41, 5.74) is 5.08. The molecule has 51 heavy (non-hydrogen) atoms. The van der Waals surface area contributed by atoms with E-state index in [2.05, 4.69) is 156 Å². The molecule has 2 unspecified atom stereocenters. The Hall–Kier alpha value is -4.32. The van der Waals surface area contributed by atoms with Crippen LogP contribution in [0.5, 0.6) is 0 Å². The standard InChI is InChI=1S/C47H54N2O2/c1-48-34-44(42-28-26-36-18-12-14-24-40(36)32-42)46(38-20-8-6-9-21-38)50-30-16-4-3-5-17-31-51-47(39-22-10-7-11-23-39)45(35-49-2)43-29-27-37-19-13-15-25-41(37)33-43/h6-15,18-29,32-33,44-49H,3-5,16-17,30-31,34-35H2,1-2H3/t44-,45-,46?,47?/m1/s1. The first-order valence-corrected chi connectivity index (χ1v) is 18.8. The summed E-state index contributed by atoms with van der Waals surface area (Å²) < 4.78 is 13.5. The van der Waals surface area contributed by atoms with E-state index in [1.807, 2.05) is 14.1 Å². The highest BCUT2D eigenvalue weighted by Crippen LogP contribution is 2.37. The van der Waals surface area contributed by atoms with Gasteiger partial charge in [-0.2, -0.15) is 0 Å². The molecule has 6 aromatic carbocycles. The molecular formula is C47H54N2O2. The van der Waals surface area contributed by atoms with Crippen LogP contribution < -0.4 is 10.6 Å². The molecule has 0 spiro atoms. The molecule has 0 aromatic heterocycles. The molecule has 0 amide bonds. The molecule has 0 saturated heterocycles. The first-order valence-electron chi connectivity index (χ1n) is 18.8. The summed E-state index contributed by atoms with van der Waals surface area (Å²) in [6, 6.07) is 52.4. The van der Waals surface area contributed by atoms with Crippen LogP contribution in [0.2, 0.25) is 0 Å². The first-order chi connectivity index (χ1) is 25.2. The van der Waals surface area contributed by atoms with E-state index in [1.54, 1.807) is 0 Å². The van der Waals surface area contributed by atoms with Gasteiger partial charge in [-0.15, -0.1) is 0 Å². The van der Waals surface area contributed by atoms with E-state index < -0.39 is 0 Å². The maximum absolute atomic E-state index is 6.77. The second-order valence-corrected chi connectivity index (χ2v) is 13.7. The molecular weight excluding hydrogens is 625 g/mol. The second-order valence-electron chi connectivity index (χ2n) is 13.7. The van der Waals surface area contributed by atoms with E-state index in [4.69, 9.17) is 9.47 Å². The van der Waals surface area contributed by atoms with Crippen molar-refractivity contribution in [2.75, 3.05) is 40.4 Å². The Balaban J connectivity index is 1.02. The van der Waals surface area contributed by atoms with Gasteiger partial charge in [-0.3, -0.25) is 0 Å². The maximum Gasteiger partial charge on any atom is 0.0905 e. The molecule has 6 aromatic rings. The van der Waals surface area contributed by atoms with E-state index >= 15 is 0 Å². The van der Waals surface area contributed by atoms with Gasteiger partial charge < -0.3 is 20.1 Å². The lowest BCUT2D eigenvalue weighted by atomic mass is 9.87. The minimum absolute atomic E-state index is 0.0173. The van der Waals surface area contributed by atoms with Crippen molar-refractivity contribution >= 4 is 21.5 Å². The number of nitrogens with one attached hydrogen (secondary N) is 2. The minimum Gasteiger partial charge on any atom is -0.373 e. The molecule has 0 saturated carbocycles. The van der Waals surface area contributed by atoms with Gasteiger partial charge in [0, 0.05) is 38.1 Å². The Morgan fingerprint density at radius 1 is 0.392 bits per heavy atom. The van der Waals surface area contributed by atoms with Gasteiger partial charge in [-0.25, -0.2) is 0 Å². The average molecular weight is 679 g/mol. The predicted octanol–water partition coefficient (Wildman–Crippen LogP) is 10.8. The third kappa shape index (κ3) is 9.93. The predicted molar refractivity (Wildman–Crippen MR) is 215 cm³/mol. The van der Waals surface area contributed by atoms with Gasteiger partial charge in [0.25, 0.3) is 0 Å². The third-order valence-corrected chi connectivity index (χ3v) is 10.1. The molecule has 0 radical (unpaired) electrons. The van der Waals surface area contributed by atoms with E-state index in [9.17, 15) is 0 Å². The van der Waals surface area contributed by atoms with Crippen molar-refractivity contribution < 1.29 is 9.47 Å². The van der Waals surface area contributed by atoms with E-state index in [0.717, 1.165) is 52.0 Å². The van der Waals surface area contributed by atoms with E-state index in [1.165, 1.54) is 50.2 Å². The van der Waals surface area contributed by atoms with Crippen LogP contribution in [0.1, 0.15) is 78.4 Å². The second kappa shape index (κ2) is 19.3. The van der Waals surface area contributed by atoms with E-state index in [-0.39, 0.29) is 24.0 Å². The van der Waals surface area contributed by atoms with Crippen molar-refractivity contribution in [2.45, 2.75) is 56.1 Å². The summed E-state index contributed by atoms with van der Waals surface area (Å²) in [6.45, 7) is 3.19. The fourth-order valence-electron chi connectivity index (χ4n) is 7.45. The van der Waals surface area contributed by atoms with Crippen LogP contribution in [0.15, 0.2) is 146 Å². The summed E-state index contributed by atoms with van der Waals surface area (Å²) >= 11 is 0. The maximum atomic E-state index is 6.77. The third-order valence-electron chi connectivity index (χ3n) is 10.1. The van der Waals surface area contributed by atoms with E-state index in [0.29, 0.717) is 0 Å². The number of fused-ring (bicyclic) bond motifs is 2. The zero-order chi connectivity index (χ0) is 35.1. The summed E-state index contributed by atoms with van der Waals surface area (Å²) in [5.74, 6) is 0.413. The molecule has 0 heterocycles. The van der Waals surface area contributed by atoms with Crippen molar-refractivity contribution in [3.05, 3.63) is 168 Å². The lowest BCUT2D eigenvalue weighted by Gasteiger charge is -2.29. The summed E-state index contributed by atoms with van der Waals surface area (Å²) in [6.07, 6.45) is 5.53. The van der Waals surface area contributed by atoms with Gasteiger partial charge >= 0.3 is 0 Å². The van der Waals surface area contributed by atoms with Crippen molar-refractivity contribution in [2.24, 2.45) is 0 Å². The number of hydrogen-bond donors (Lipinski definition) is 2. The molecule has 4 atom stereocenters. The van der Waals surface area contributed by atoms with Gasteiger partial charge in [0.15, 0.2) is 0 Å². The summed E-state index contributed by atoms with van der Waals surface area (Å²) in [4.78, 5) is 0. The van der Waals surface area contributed by atoms with Crippen molar-refractivity contribution in [3.8, 4) is 0 Å². The fourth-order valence-corrected chi connectivity index (χ4v) is 7.45. The molecule has 0 bridgehead atoms. The van der Waals surface area contributed by atoms with Crippen molar-refractivity contribution in [1.29, 1.82) is 0 Å². The fraction of sp³-hybridized carbons (Fsp3) is 0.319. The van der Waals surface area contributed by atoms with Gasteiger partial charge in [0.1, 0.15) is 0 Å². The van der Waals surface area contributed by atoms with Crippen LogP contribution in [0, 0.1) is 0 Å². The molecule has 6 rings (SSSR count). The molecule has 4 heteroatoms. The summed E-state index contributed by atoms with van der Waals surface area (Å²) in [5, 5.41) is 12.0. The average Bonchev–Trinajstić information content (AvgIpc) is 3.19. The lowest BCUT2D eigenvalue weighted by molar-refractivity contribution is 0.0279. The van der Waals surface area contributed by atoms with Crippen LogP contribution in [0.3, 0.4) is 0 Å². The Bertz CT molecular complexity index is 1750. The number of rotatable bonds is 20. The topological polar surface area (TPSA) is 42.5 Å². The minimum atomic E-state index is -0.0173. The number of unbranched alkanes of at least 4 members (excludes halogenated alkanes) is 4. The first kappa shape index (κ1) is 36.5. The Morgan fingerprint density at radius 3 is 1.18 bits per heavy atom. The molecule has 0 aliphatic carbocycles. The van der Waals surface area contributed by atoms with Crippen LogP contribution in [0.4, 0.5) is 0 Å². The van der Waals surface area contributed by atoms with Crippen molar-refractivity contribution in [1.82, 2.24) is 10.6 Å². The monoisotopic (exact) mass is 678 g/mol. The number of hydrogen-bond acceptors (Lipinski definition) is 4. The SMILES string of the molecule is CNC[C@H](c1ccc2ccccc2c1)C(OCCCCCCCOC(c1ccccc1)[C@H](CNC)c1ccc2ccccc2c1)c1ccccc1. The number of ether oxygens (including phenoxy) is 2. The molecule has 0 fully saturated rings. The highest BCUT2D eigenvalue weighted by atomic mass is 16.5. The highest BCUT2D eigenvalue weighted by Gasteiger charge is 2.27. The highest BCUT2D eigenvalue weighted by molar-refractivity contribution is 5.84. The normalized spacial score (nSPS) is 14.0. The Kier molecular flexibility index (Phi) is 13.8. The van der Waals surface area contributed by atoms with Gasteiger partial charge in [0.05, 0.1) is 12.2 Å². The smallest absolute Gasteiger partial charge is 0.0905 e. The number of benzene rings is 6. The summed E-state index contributed by atoms with van der Waals surface area (Å²) in [7, 11) is 4.07. The Labute approximate surface area is 305 Å². The largest absolute Gasteiger partial charge is 0.373 e. The van der Waals surface area contributed by atoms with Gasteiger partial charge in [-0.05, 0) is 70.7 Å². The van der Waals surface area contributed by atoms with Gasteiger partial charge in [0.2, 0.25) is 0 Å². The molecule has 0 aliphatic heterocycles. The lowest BCUT2D eigenvalue weighted by Crippen LogP contribution is -2.25. The molecule has 4 nitrogen and oxygen atoms in total. The van der Waals surface area contributed by atoms with Crippen LogP contribution >= 0.6 is 0 Å². The van der Waals surface area contributed by atoms with Crippen LogP contribution in [0.25, 0.3) is 21.5 Å². The quantitative estimate of drug-likeness (QED) is 0.0789. The molecule has 264 valence electrons. The zero-order valence-corrected chi connectivity index (χ0v) is 30.3. The van der Waals surface area contributed by atoms with Crippen LogP contribution in [-0.4, -0.2) is 40.4 Å². The van der Waals surface area contributed by atoms with Crippen LogP contribution in [-0.2, 0) is 9.47 Å². The zero-order valence-electron chi connectivity index (χ0n) is 30.3. The molecule has 0 aliphatic rings. The van der Waals surface area contributed by atoms with Gasteiger partial charge in [-0.1, -0.05) is 165 Å². The van der Waals surface area contributed by atoms with Crippen molar-refractivity contribution in [3.63, 3.8) is 0 Å².